The van der Waals surface area contributed by atoms with Gasteiger partial charge < -0.3 is 9.47 Å². The van der Waals surface area contributed by atoms with Crippen molar-refractivity contribution in [2.24, 2.45) is 0 Å². The summed E-state index contributed by atoms with van der Waals surface area (Å²) in [6.45, 7) is 12.0. The lowest BCUT2D eigenvalue weighted by Crippen LogP contribution is -2.54. The van der Waals surface area contributed by atoms with Gasteiger partial charge in [-0.25, -0.2) is 0 Å². The fourth-order valence-corrected chi connectivity index (χ4v) is 2.99. The predicted octanol–water partition coefficient (Wildman–Crippen LogP) is 3.12. The van der Waals surface area contributed by atoms with Crippen LogP contribution in [0.5, 0.6) is 0 Å². The number of hydrogen-bond donors (Lipinski definition) is 0. The Morgan fingerprint density at radius 3 is 2.58 bits per heavy atom. The van der Waals surface area contributed by atoms with Crippen molar-refractivity contribution >= 4 is 5.78 Å². The largest absolute Gasteiger partial charge is 0.379 e. The maximum Gasteiger partial charge on any atom is 0.182 e. The van der Waals surface area contributed by atoms with E-state index >= 15 is 0 Å². The van der Waals surface area contributed by atoms with Gasteiger partial charge in [-0.1, -0.05) is 30.3 Å². The van der Waals surface area contributed by atoms with E-state index in [9.17, 15) is 4.79 Å². The summed E-state index contributed by atoms with van der Waals surface area (Å²) in [6.07, 6.45) is 3.69. The van der Waals surface area contributed by atoms with E-state index < -0.39 is 5.54 Å². The highest BCUT2D eigenvalue weighted by molar-refractivity contribution is 6.02. The highest BCUT2D eigenvalue weighted by Gasteiger charge is 2.35. The molecule has 0 amide bonds. The fraction of sp³-hybridized carbons (Fsp3) is 0.550. The normalized spacial score (nSPS) is 16.1. The minimum absolute atomic E-state index is 0.172. The lowest BCUT2D eigenvalue weighted by molar-refractivity contribution is -0.00429. The van der Waals surface area contributed by atoms with Crippen molar-refractivity contribution in [3.8, 4) is 0 Å². The SMILES string of the molecule is C=CCOCCCc1ccc(C(=O)C(C)(C)N2CCOCC2)cc1. The van der Waals surface area contributed by atoms with Crippen molar-refractivity contribution in [1.29, 1.82) is 0 Å². The van der Waals surface area contributed by atoms with Gasteiger partial charge in [0.25, 0.3) is 0 Å². The van der Waals surface area contributed by atoms with Crippen LogP contribution >= 0.6 is 0 Å². The van der Waals surface area contributed by atoms with E-state index in [1.54, 1.807) is 6.08 Å². The van der Waals surface area contributed by atoms with E-state index in [1.807, 2.05) is 26.0 Å². The number of carbonyl (C=O) groups excluding carboxylic acids is 1. The molecule has 1 heterocycles. The van der Waals surface area contributed by atoms with Crippen LogP contribution in [-0.4, -0.2) is 55.7 Å². The number of ether oxygens (including phenoxy) is 2. The van der Waals surface area contributed by atoms with Gasteiger partial charge in [0.1, 0.15) is 0 Å². The summed E-state index contributed by atoms with van der Waals surface area (Å²) in [5.41, 5.74) is 1.51. The van der Waals surface area contributed by atoms with E-state index in [0.717, 1.165) is 38.1 Å². The third kappa shape index (κ3) is 5.00. The summed E-state index contributed by atoms with van der Waals surface area (Å²) in [5, 5.41) is 0. The molecule has 0 spiro atoms. The Bertz CT molecular complexity index is 530. The first-order chi connectivity index (χ1) is 11.6. The number of hydrogen-bond acceptors (Lipinski definition) is 4. The smallest absolute Gasteiger partial charge is 0.182 e. The molecule has 1 aromatic rings. The third-order valence-corrected chi connectivity index (χ3v) is 4.56. The molecule has 0 radical (unpaired) electrons. The Balaban J connectivity index is 1.91. The highest BCUT2D eigenvalue weighted by atomic mass is 16.5. The van der Waals surface area contributed by atoms with Crippen molar-refractivity contribution < 1.29 is 14.3 Å². The van der Waals surface area contributed by atoms with Crippen LogP contribution in [0.15, 0.2) is 36.9 Å². The monoisotopic (exact) mass is 331 g/mol. The first-order valence-corrected chi connectivity index (χ1v) is 8.71. The van der Waals surface area contributed by atoms with Gasteiger partial charge in [0.15, 0.2) is 5.78 Å². The Kier molecular flexibility index (Phi) is 7.16. The number of benzene rings is 1. The number of rotatable bonds is 9. The summed E-state index contributed by atoms with van der Waals surface area (Å²) in [6, 6.07) is 8.00. The Morgan fingerprint density at radius 1 is 1.29 bits per heavy atom. The van der Waals surface area contributed by atoms with Crippen molar-refractivity contribution in [1.82, 2.24) is 4.90 Å². The molecule has 0 aromatic heterocycles. The highest BCUT2D eigenvalue weighted by Crippen LogP contribution is 2.22. The van der Waals surface area contributed by atoms with Crippen molar-refractivity contribution in [3.63, 3.8) is 0 Å². The van der Waals surface area contributed by atoms with Crippen LogP contribution < -0.4 is 0 Å². The van der Waals surface area contributed by atoms with Gasteiger partial charge >= 0.3 is 0 Å². The summed E-state index contributed by atoms with van der Waals surface area (Å²) < 4.78 is 10.8. The second kappa shape index (κ2) is 9.11. The van der Waals surface area contributed by atoms with Crippen molar-refractivity contribution in [2.75, 3.05) is 39.5 Å². The van der Waals surface area contributed by atoms with E-state index in [4.69, 9.17) is 9.47 Å². The number of nitrogens with zero attached hydrogens (tertiary/aromatic N) is 1. The summed E-state index contributed by atoms with van der Waals surface area (Å²) in [5.74, 6) is 0.172. The predicted molar refractivity (Wildman–Crippen MR) is 96.6 cm³/mol. The number of carbonyl (C=O) groups is 1. The molecule has 0 unspecified atom stereocenters. The van der Waals surface area contributed by atoms with Crippen LogP contribution in [0, 0.1) is 0 Å². The minimum Gasteiger partial charge on any atom is -0.379 e. The standard InChI is InChI=1S/C20H29NO3/c1-4-13-23-14-5-6-17-7-9-18(10-8-17)19(22)20(2,3)21-11-15-24-16-12-21/h4,7-10H,1,5-6,11-16H2,2-3H3. The van der Waals surface area contributed by atoms with Crippen LogP contribution in [0.1, 0.15) is 36.2 Å². The molecule has 1 saturated heterocycles. The summed E-state index contributed by atoms with van der Waals surface area (Å²) in [4.78, 5) is 15.1. The molecule has 1 fully saturated rings. The quantitative estimate of drug-likeness (QED) is 0.396. The molecule has 0 atom stereocenters. The number of ketones is 1. The van der Waals surface area contributed by atoms with Crippen LogP contribution in [0.4, 0.5) is 0 Å². The van der Waals surface area contributed by atoms with E-state index in [2.05, 4.69) is 23.6 Å². The molecule has 4 heteroatoms. The van der Waals surface area contributed by atoms with E-state index in [0.29, 0.717) is 19.8 Å². The lowest BCUT2D eigenvalue weighted by atomic mass is 9.90. The Morgan fingerprint density at radius 2 is 1.96 bits per heavy atom. The molecule has 4 nitrogen and oxygen atoms in total. The topological polar surface area (TPSA) is 38.8 Å². The molecule has 24 heavy (non-hydrogen) atoms. The van der Waals surface area contributed by atoms with Gasteiger partial charge in [0.2, 0.25) is 0 Å². The van der Waals surface area contributed by atoms with Gasteiger partial charge in [0, 0.05) is 25.3 Å². The fourth-order valence-electron chi connectivity index (χ4n) is 2.99. The molecule has 1 aromatic carbocycles. The number of morpholine rings is 1. The molecular formula is C20H29NO3. The lowest BCUT2D eigenvalue weighted by Gasteiger charge is -2.39. The molecule has 132 valence electrons. The van der Waals surface area contributed by atoms with Gasteiger partial charge in [-0.15, -0.1) is 6.58 Å². The van der Waals surface area contributed by atoms with E-state index in [-0.39, 0.29) is 5.78 Å². The Labute approximate surface area is 145 Å². The first kappa shape index (κ1) is 18.8. The summed E-state index contributed by atoms with van der Waals surface area (Å²) in [7, 11) is 0. The van der Waals surface area contributed by atoms with Gasteiger partial charge in [-0.2, -0.15) is 0 Å². The minimum atomic E-state index is -0.496. The second-order valence-electron chi connectivity index (χ2n) is 6.65. The van der Waals surface area contributed by atoms with Gasteiger partial charge in [0.05, 0.1) is 25.4 Å². The average molecular weight is 331 g/mol. The Hall–Kier alpha value is -1.49. The molecule has 2 rings (SSSR count). The molecule has 1 aliphatic heterocycles. The maximum atomic E-state index is 12.9. The zero-order valence-electron chi connectivity index (χ0n) is 14.9. The molecule has 1 aliphatic rings. The first-order valence-electron chi connectivity index (χ1n) is 8.71. The maximum absolute atomic E-state index is 12.9. The molecular weight excluding hydrogens is 302 g/mol. The second-order valence-corrected chi connectivity index (χ2v) is 6.65. The van der Waals surface area contributed by atoms with Crippen LogP contribution in [0.2, 0.25) is 0 Å². The van der Waals surface area contributed by atoms with E-state index in [1.165, 1.54) is 5.56 Å². The molecule has 0 N–H and O–H groups in total. The van der Waals surface area contributed by atoms with Gasteiger partial charge in [-0.3, -0.25) is 9.69 Å². The zero-order valence-corrected chi connectivity index (χ0v) is 14.9. The average Bonchev–Trinajstić information content (AvgIpc) is 2.62. The van der Waals surface area contributed by atoms with Crippen LogP contribution in [-0.2, 0) is 15.9 Å². The number of Topliss-reactive ketones (excluding diaryl/α,β-unsaturated/α-hetero) is 1. The molecule has 0 saturated carbocycles. The van der Waals surface area contributed by atoms with Crippen molar-refractivity contribution in [2.45, 2.75) is 32.2 Å². The van der Waals surface area contributed by atoms with Gasteiger partial charge in [-0.05, 0) is 32.3 Å². The zero-order chi connectivity index (χ0) is 17.4. The third-order valence-electron chi connectivity index (χ3n) is 4.56. The van der Waals surface area contributed by atoms with Crippen LogP contribution in [0.25, 0.3) is 0 Å². The van der Waals surface area contributed by atoms with Crippen LogP contribution in [0.3, 0.4) is 0 Å². The molecule has 0 aliphatic carbocycles. The summed E-state index contributed by atoms with van der Waals surface area (Å²) >= 11 is 0. The van der Waals surface area contributed by atoms with Crippen molar-refractivity contribution in [3.05, 3.63) is 48.0 Å². The number of aryl methyl sites for hydroxylation is 1. The molecule has 0 bridgehead atoms.